The van der Waals surface area contributed by atoms with Crippen molar-refractivity contribution in [1.82, 2.24) is 0 Å². The fourth-order valence-electron chi connectivity index (χ4n) is 4.72. The Balaban J connectivity index is 1.47. The van der Waals surface area contributed by atoms with Gasteiger partial charge in [-0.2, -0.15) is 0 Å². The molecule has 1 heterocycles. The van der Waals surface area contributed by atoms with E-state index in [1.165, 1.54) is 5.56 Å². The molecule has 0 fully saturated rings. The summed E-state index contributed by atoms with van der Waals surface area (Å²) in [5.41, 5.74) is 6.16. The van der Waals surface area contributed by atoms with Crippen LogP contribution in [-0.4, -0.2) is 12.4 Å². The van der Waals surface area contributed by atoms with E-state index in [-0.39, 0.29) is 17.7 Å². The number of anilines is 2. The summed E-state index contributed by atoms with van der Waals surface area (Å²) in [4.78, 5) is 13.6. The largest absolute Gasteiger partial charge is 0.493 e. The number of fused-ring (bicyclic) bond motifs is 1. The van der Waals surface area contributed by atoms with E-state index >= 15 is 0 Å². The van der Waals surface area contributed by atoms with Crippen molar-refractivity contribution in [2.75, 3.05) is 17.2 Å². The highest BCUT2D eigenvalue weighted by Gasteiger charge is 2.35. The number of carbonyl (C=O) groups excluding carboxylic acids is 1. The number of benzene rings is 3. The van der Waals surface area contributed by atoms with Gasteiger partial charge in [0.25, 0.3) is 0 Å². The zero-order chi connectivity index (χ0) is 22.8. The lowest BCUT2D eigenvalue weighted by Gasteiger charge is -2.30. The number of carbonyl (C=O) groups is 1. The number of nitrogens with one attached hydrogen (secondary N) is 2. The van der Waals surface area contributed by atoms with Gasteiger partial charge in [-0.1, -0.05) is 68.4 Å². The van der Waals surface area contributed by atoms with Gasteiger partial charge < -0.3 is 15.4 Å². The molecule has 33 heavy (non-hydrogen) atoms. The number of ketones is 1. The van der Waals surface area contributed by atoms with Gasteiger partial charge in [0, 0.05) is 17.7 Å². The van der Waals surface area contributed by atoms with Gasteiger partial charge in [-0.05, 0) is 53.6 Å². The minimum atomic E-state index is -0.169. The van der Waals surface area contributed by atoms with Crippen molar-refractivity contribution in [2.24, 2.45) is 5.92 Å². The number of allylic oxidation sites excluding steroid dienone is 1. The molecule has 3 aromatic carbocycles. The fourth-order valence-corrected chi connectivity index (χ4v) is 4.72. The third-order valence-corrected chi connectivity index (χ3v) is 6.38. The van der Waals surface area contributed by atoms with Crippen molar-refractivity contribution >= 4 is 17.2 Å². The van der Waals surface area contributed by atoms with E-state index in [1.54, 1.807) is 0 Å². The number of hydrogen-bond donors (Lipinski definition) is 2. The Hall–Kier alpha value is -3.53. The summed E-state index contributed by atoms with van der Waals surface area (Å²) in [6, 6.07) is 26.5. The first kappa shape index (κ1) is 21.3. The lowest BCUT2D eigenvalue weighted by molar-refractivity contribution is -0.116. The van der Waals surface area contributed by atoms with Crippen LogP contribution in [0.25, 0.3) is 0 Å². The average molecular weight is 439 g/mol. The number of ether oxygens (including phenoxy) is 1. The zero-order valence-corrected chi connectivity index (χ0v) is 19.2. The quantitative estimate of drug-likeness (QED) is 0.465. The molecule has 3 aromatic rings. The SMILES string of the molecule is CC(C)COc1ccc(C2CC(=O)C3=C(C2)Nc2ccccc2NC3c2ccccc2)cc1. The first-order chi connectivity index (χ1) is 16.1. The molecule has 5 rings (SSSR count). The van der Waals surface area contributed by atoms with Crippen molar-refractivity contribution in [3.05, 3.63) is 101 Å². The lowest BCUT2D eigenvalue weighted by Crippen LogP contribution is -2.26. The van der Waals surface area contributed by atoms with Crippen LogP contribution in [-0.2, 0) is 4.79 Å². The van der Waals surface area contributed by atoms with Crippen LogP contribution in [0.3, 0.4) is 0 Å². The number of hydrogen-bond acceptors (Lipinski definition) is 4. The molecule has 4 nitrogen and oxygen atoms in total. The van der Waals surface area contributed by atoms with E-state index in [1.807, 2.05) is 42.5 Å². The standard InChI is InChI=1S/C29H30N2O2/c1-19(2)18-33-23-14-12-20(13-15-23)22-16-26-28(27(32)17-22)29(21-8-4-3-5-9-21)31-25-11-7-6-10-24(25)30-26/h3-15,19,22,29-31H,16-18H2,1-2H3. The first-order valence-electron chi connectivity index (χ1n) is 11.7. The van der Waals surface area contributed by atoms with Crippen LogP contribution in [0, 0.1) is 5.92 Å². The number of para-hydroxylation sites is 2. The molecule has 0 amide bonds. The maximum Gasteiger partial charge on any atom is 0.163 e. The Kier molecular flexibility index (Phi) is 5.91. The van der Waals surface area contributed by atoms with Crippen LogP contribution >= 0.6 is 0 Å². The molecular weight excluding hydrogens is 408 g/mol. The third kappa shape index (κ3) is 4.51. The molecule has 0 saturated carbocycles. The van der Waals surface area contributed by atoms with Gasteiger partial charge in [-0.15, -0.1) is 0 Å². The molecule has 2 atom stereocenters. The molecule has 0 spiro atoms. The van der Waals surface area contributed by atoms with Crippen LogP contribution in [0.5, 0.6) is 5.75 Å². The van der Waals surface area contributed by atoms with Crippen LogP contribution < -0.4 is 15.4 Å². The zero-order valence-electron chi connectivity index (χ0n) is 19.2. The number of rotatable bonds is 5. The summed E-state index contributed by atoms with van der Waals surface area (Å²) in [6.07, 6.45) is 1.31. The minimum absolute atomic E-state index is 0.143. The second kappa shape index (κ2) is 9.14. The predicted octanol–water partition coefficient (Wildman–Crippen LogP) is 6.70. The summed E-state index contributed by atoms with van der Waals surface area (Å²) < 4.78 is 5.84. The first-order valence-corrected chi connectivity index (χ1v) is 11.7. The summed E-state index contributed by atoms with van der Waals surface area (Å²) >= 11 is 0. The normalized spacial score (nSPS) is 19.8. The average Bonchev–Trinajstić information content (AvgIpc) is 3.00. The maximum absolute atomic E-state index is 13.6. The smallest absolute Gasteiger partial charge is 0.163 e. The van der Waals surface area contributed by atoms with E-state index < -0.39 is 0 Å². The molecule has 0 aromatic heterocycles. The predicted molar refractivity (Wildman–Crippen MR) is 134 cm³/mol. The Morgan fingerprint density at radius 1 is 0.848 bits per heavy atom. The molecule has 2 unspecified atom stereocenters. The Morgan fingerprint density at radius 2 is 1.55 bits per heavy atom. The molecular formula is C29H30N2O2. The van der Waals surface area contributed by atoms with E-state index in [2.05, 4.69) is 60.9 Å². The van der Waals surface area contributed by atoms with E-state index in [9.17, 15) is 4.79 Å². The van der Waals surface area contributed by atoms with Crippen LogP contribution in [0.15, 0.2) is 90.1 Å². The van der Waals surface area contributed by atoms with Gasteiger partial charge in [0.1, 0.15) is 5.75 Å². The molecule has 168 valence electrons. The Bertz CT molecular complexity index is 1170. The van der Waals surface area contributed by atoms with Crippen LogP contribution in [0.1, 0.15) is 49.8 Å². The lowest BCUT2D eigenvalue weighted by atomic mass is 9.78. The van der Waals surface area contributed by atoms with Crippen molar-refractivity contribution in [1.29, 1.82) is 0 Å². The molecule has 1 aliphatic carbocycles. The van der Waals surface area contributed by atoms with Crippen molar-refractivity contribution in [3.8, 4) is 5.75 Å². The van der Waals surface area contributed by atoms with E-state index in [0.717, 1.165) is 40.4 Å². The molecule has 0 bridgehead atoms. The highest BCUT2D eigenvalue weighted by atomic mass is 16.5. The molecule has 2 N–H and O–H groups in total. The monoisotopic (exact) mass is 438 g/mol. The minimum Gasteiger partial charge on any atom is -0.493 e. The Labute approximate surface area is 195 Å². The third-order valence-electron chi connectivity index (χ3n) is 6.38. The Morgan fingerprint density at radius 3 is 2.27 bits per heavy atom. The van der Waals surface area contributed by atoms with Crippen molar-refractivity contribution in [2.45, 2.75) is 38.6 Å². The van der Waals surface area contributed by atoms with Crippen LogP contribution in [0.2, 0.25) is 0 Å². The maximum atomic E-state index is 13.6. The highest BCUT2D eigenvalue weighted by molar-refractivity contribution is 6.01. The molecule has 4 heteroatoms. The topological polar surface area (TPSA) is 50.4 Å². The van der Waals surface area contributed by atoms with E-state index in [4.69, 9.17) is 4.74 Å². The van der Waals surface area contributed by atoms with Gasteiger partial charge in [-0.25, -0.2) is 0 Å². The molecule has 0 radical (unpaired) electrons. The van der Waals surface area contributed by atoms with Gasteiger partial charge in [0.05, 0.1) is 24.0 Å². The number of Topliss-reactive ketones (excluding diaryl/α,β-unsaturated/α-hetero) is 1. The molecule has 1 aliphatic heterocycles. The van der Waals surface area contributed by atoms with Crippen LogP contribution in [0.4, 0.5) is 11.4 Å². The van der Waals surface area contributed by atoms with Gasteiger partial charge in [0.15, 0.2) is 5.78 Å². The second-order valence-corrected chi connectivity index (χ2v) is 9.35. The van der Waals surface area contributed by atoms with Crippen molar-refractivity contribution < 1.29 is 9.53 Å². The van der Waals surface area contributed by atoms with Gasteiger partial charge in [0.2, 0.25) is 0 Å². The molecule has 2 aliphatic rings. The summed E-state index contributed by atoms with van der Waals surface area (Å²) in [5.74, 6) is 1.71. The summed E-state index contributed by atoms with van der Waals surface area (Å²) in [6.45, 7) is 4.99. The summed E-state index contributed by atoms with van der Waals surface area (Å²) in [5, 5.41) is 7.24. The van der Waals surface area contributed by atoms with Gasteiger partial charge >= 0.3 is 0 Å². The highest BCUT2D eigenvalue weighted by Crippen LogP contribution is 2.44. The summed E-state index contributed by atoms with van der Waals surface area (Å²) in [7, 11) is 0. The van der Waals surface area contributed by atoms with E-state index in [0.29, 0.717) is 18.9 Å². The fraction of sp³-hybridized carbons (Fsp3) is 0.276. The van der Waals surface area contributed by atoms with Crippen molar-refractivity contribution in [3.63, 3.8) is 0 Å². The molecule has 0 saturated heterocycles. The van der Waals surface area contributed by atoms with Gasteiger partial charge in [-0.3, -0.25) is 4.79 Å². The second-order valence-electron chi connectivity index (χ2n) is 9.35.